The van der Waals surface area contributed by atoms with E-state index < -0.39 is 0 Å². The van der Waals surface area contributed by atoms with Gasteiger partial charge in [-0.1, -0.05) is 0 Å². The predicted molar refractivity (Wildman–Crippen MR) is 67.6 cm³/mol. The molecule has 0 spiro atoms. The van der Waals surface area contributed by atoms with Gasteiger partial charge in [0.2, 0.25) is 0 Å². The van der Waals surface area contributed by atoms with E-state index in [1.165, 1.54) is 0 Å². The molecule has 1 aromatic rings. The summed E-state index contributed by atoms with van der Waals surface area (Å²) in [5.41, 5.74) is 0.915. The number of urea groups is 1. The highest BCUT2D eigenvalue weighted by Gasteiger charge is 2.18. The Hall–Kier alpha value is -1.71. The summed E-state index contributed by atoms with van der Waals surface area (Å²) in [6.07, 6.45) is 1.15. The van der Waals surface area contributed by atoms with Gasteiger partial charge in [0.15, 0.2) is 0 Å². The van der Waals surface area contributed by atoms with Crippen LogP contribution >= 0.6 is 0 Å². The number of carbonyl (C=O) groups is 1. The van der Waals surface area contributed by atoms with E-state index in [0.717, 1.165) is 30.9 Å². The van der Waals surface area contributed by atoms with Gasteiger partial charge < -0.3 is 10.1 Å². The van der Waals surface area contributed by atoms with Crippen LogP contribution in [0.1, 0.15) is 20.3 Å². The molecule has 2 rings (SSSR count). The molecule has 4 heteroatoms. The van der Waals surface area contributed by atoms with Crippen LogP contribution in [0.25, 0.3) is 0 Å². The SMILES string of the molecule is CC(C)Oc1ccc(N2CCCNC2=O)cc1. The van der Waals surface area contributed by atoms with Gasteiger partial charge in [-0.2, -0.15) is 0 Å². The number of nitrogens with one attached hydrogen (secondary N) is 1. The van der Waals surface area contributed by atoms with Gasteiger partial charge in [0.1, 0.15) is 5.75 Å². The molecule has 2 amide bonds. The molecule has 92 valence electrons. The summed E-state index contributed by atoms with van der Waals surface area (Å²) in [7, 11) is 0. The molecule has 0 saturated carbocycles. The zero-order chi connectivity index (χ0) is 12.3. The Balaban J connectivity index is 2.08. The average Bonchev–Trinajstić information content (AvgIpc) is 2.30. The number of benzene rings is 1. The van der Waals surface area contributed by atoms with Crippen molar-refractivity contribution in [3.63, 3.8) is 0 Å². The third-order valence-corrected chi connectivity index (χ3v) is 2.60. The van der Waals surface area contributed by atoms with Crippen molar-refractivity contribution in [2.45, 2.75) is 26.4 Å². The molecule has 1 aromatic carbocycles. The molecule has 1 saturated heterocycles. The Morgan fingerprint density at radius 1 is 1.29 bits per heavy atom. The number of ether oxygens (including phenoxy) is 1. The molecular weight excluding hydrogens is 216 g/mol. The Bertz CT molecular complexity index is 387. The van der Waals surface area contributed by atoms with Crippen molar-refractivity contribution in [3.05, 3.63) is 24.3 Å². The van der Waals surface area contributed by atoms with Gasteiger partial charge in [-0.25, -0.2) is 4.79 Å². The summed E-state index contributed by atoms with van der Waals surface area (Å²) in [5.74, 6) is 0.834. The van der Waals surface area contributed by atoms with E-state index in [2.05, 4.69) is 5.32 Å². The van der Waals surface area contributed by atoms with Gasteiger partial charge in [0, 0.05) is 18.8 Å². The molecule has 0 unspecified atom stereocenters. The van der Waals surface area contributed by atoms with Gasteiger partial charge >= 0.3 is 6.03 Å². The first-order valence-electron chi connectivity index (χ1n) is 5.99. The third kappa shape index (κ3) is 2.90. The van der Waals surface area contributed by atoms with Crippen molar-refractivity contribution in [3.8, 4) is 5.75 Å². The van der Waals surface area contributed by atoms with E-state index >= 15 is 0 Å². The number of hydrogen-bond donors (Lipinski definition) is 1. The second kappa shape index (κ2) is 5.08. The smallest absolute Gasteiger partial charge is 0.321 e. The number of rotatable bonds is 3. The molecule has 1 N–H and O–H groups in total. The lowest BCUT2D eigenvalue weighted by Crippen LogP contribution is -2.46. The van der Waals surface area contributed by atoms with Gasteiger partial charge in [-0.15, -0.1) is 0 Å². The predicted octanol–water partition coefficient (Wildman–Crippen LogP) is 2.39. The number of nitrogens with zero attached hydrogens (tertiary/aromatic N) is 1. The van der Waals surface area contributed by atoms with E-state index in [0.29, 0.717) is 0 Å². The van der Waals surface area contributed by atoms with Gasteiger partial charge in [0.05, 0.1) is 6.10 Å². The molecule has 0 bridgehead atoms. The molecule has 1 fully saturated rings. The van der Waals surface area contributed by atoms with Crippen molar-refractivity contribution in [1.29, 1.82) is 0 Å². The minimum absolute atomic E-state index is 0.0197. The van der Waals surface area contributed by atoms with Crippen LogP contribution in [0.15, 0.2) is 24.3 Å². The number of hydrogen-bond acceptors (Lipinski definition) is 2. The maximum atomic E-state index is 11.6. The summed E-state index contributed by atoms with van der Waals surface area (Å²) in [6.45, 7) is 5.53. The first-order chi connectivity index (χ1) is 8.16. The Morgan fingerprint density at radius 2 is 2.00 bits per heavy atom. The lowest BCUT2D eigenvalue weighted by atomic mass is 10.2. The minimum atomic E-state index is -0.0197. The van der Waals surface area contributed by atoms with Gasteiger partial charge in [0.25, 0.3) is 0 Å². The fraction of sp³-hybridized carbons (Fsp3) is 0.462. The van der Waals surface area contributed by atoms with E-state index in [-0.39, 0.29) is 12.1 Å². The van der Waals surface area contributed by atoms with Gasteiger partial charge in [-0.3, -0.25) is 4.90 Å². The van der Waals surface area contributed by atoms with Crippen molar-refractivity contribution in [2.24, 2.45) is 0 Å². The molecule has 0 aliphatic carbocycles. The summed E-state index contributed by atoms with van der Waals surface area (Å²) < 4.78 is 5.56. The maximum Gasteiger partial charge on any atom is 0.321 e. The van der Waals surface area contributed by atoms with Crippen LogP contribution in [0.3, 0.4) is 0 Å². The maximum absolute atomic E-state index is 11.6. The highest BCUT2D eigenvalue weighted by Crippen LogP contribution is 2.21. The summed E-state index contributed by atoms with van der Waals surface area (Å²) in [4.78, 5) is 13.4. The number of amides is 2. The van der Waals surface area contributed by atoms with Crippen LogP contribution in [0, 0.1) is 0 Å². The summed E-state index contributed by atoms with van der Waals surface area (Å²) in [5, 5.41) is 2.83. The largest absolute Gasteiger partial charge is 0.491 e. The molecule has 0 radical (unpaired) electrons. The molecule has 17 heavy (non-hydrogen) atoms. The summed E-state index contributed by atoms with van der Waals surface area (Å²) >= 11 is 0. The summed E-state index contributed by atoms with van der Waals surface area (Å²) in [6, 6.07) is 7.62. The minimum Gasteiger partial charge on any atom is -0.491 e. The number of carbonyl (C=O) groups excluding carboxylic acids is 1. The molecule has 0 atom stereocenters. The van der Waals surface area contributed by atoms with Crippen LogP contribution in [0.5, 0.6) is 5.75 Å². The zero-order valence-electron chi connectivity index (χ0n) is 10.3. The van der Waals surface area contributed by atoms with Crippen molar-refractivity contribution >= 4 is 11.7 Å². The lowest BCUT2D eigenvalue weighted by molar-refractivity contribution is 0.241. The fourth-order valence-electron chi connectivity index (χ4n) is 1.85. The molecule has 0 aromatic heterocycles. The van der Waals surface area contributed by atoms with Crippen molar-refractivity contribution in [1.82, 2.24) is 5.32 Å². The lowest BCUT2D eigenvalue weighted by Gasteiger charge is -2.27. The normalized spacial score (nSPS) is 15.9. The second-order valence-electron chi connectivity index (χ2n) is 4.40. The monoisotopic (exact) mass is 234 g/mol. The zero-order valence-corrected chi connectivity index (χ0v) is 10.3. The van der Waals surface area contributed by atoms with Gasteiger partial charge in [-0.05, 0) is 44.5 Å². The fourth-order valence-corrected chi connectivity index (χ4v) is 1.85. The average molecular weight is 234 g/mol. The van der Waals surface area contributed by atoms with Crippen LogP contribution in [-0.2, 0) is 0 Å². The van der Waals surface area contributed by atoms with E-state index in [9.17, 15) is 4.79 Å². The molecular formula is C13H18N2O2. The van der Waals surface area contributed by atoms with Crippen molar-refractivity contribution < 1.29 is 9.53 Å². The standard InChI is InChI=1S/C13H18N2O2/c1-10(2)17-12-6-4-11(5-7-12)15-9-3-8-14-13(15)16/h4-7,10H,3,8-9H2,1-2H3,(H,14,16). The Morgan fingerprint density at radius 3 is 2.59 bits per heavy atom. The molecule has 1 aliphatic rings. The third-order valence-electron chi connectivity index (χ3n) is 2.60. The van der Waals surface area contributed by atoms with E-state index in [1.54, 1.807) is 4.90 Å². The quantitative estimate of drug-likeness (QED) is 0.872. The molecule has 1 aliphatic heterocycles. The van der Waals surface area contributed by atoms with Crippen LogP contribution in [0.2, 0.25) is 0 Å². The van der Waals surface area contributed by atoms with Crippen LogP contribution in [0.4, 0.5) is 10.5 Å². The van der Waals surface area contributed by atoms with Crippen molar-refractivity contribution in [2.75, 3.05) is 18.0 Å². The van der Waals surface area contributed by atoms with Crippen LogP contribution in [-0.4, -0.2) is 25.2 Å². The molecule has 4 nitrogen and oxygen atoms in total. The first-order valence-corrected chi connectivity index (χ1v) is 5.99. The van der Waals surface area contributed by atoms with E-state index in [1.807, 2.05) is 38.1 Å². The molecule has 1 heterocycles. The Kier molecular flexibility index (Phi) is 3.52. The first kappa shape index (κ1) is 11.8. The second-order valence-corrected chi connectivity index (χ2v) is 4.40. The van der Waals surface area contributed by atoms with Crippen LogP contribution < -0.4 is 15.0 Å². The van der Waals surface area contributed by atoms with E-state index in [4.69, 9.17) is 4.74 Å². The Labute approximate surface area is 102 Å². The highest BCUT2D eigenvalue weighted by atomic mass is 16.5. The number of anilines is 1. The topological polar surface area (TPSA) is 41.6 Å². The highest BCUT2D eigenvalue weighted by molar-refractivity contribution is 5.92.